The molecule has 7 aromatic rings. The Morgan fingerprint density at radius 2 is 1.57 bits per heavy atom. The lowest BCUT2D eigenvalue weighted by Gasteiger charge is -2.09. The number of pyridine rings is 2. The van der Waals surface area contributed by atoms with Crippen molar-refractivity contribution in [3.05, 3.63) is 79.1 Å². The molecule has 0 unspecified atom stereocenters. The van der Waals surface area contributed by atoms with Gasteiger partial charge in [0.05, 0.1) is 16.6 Å². The van der Waals surface area contributed by atoms with Gasteiger partial charge in [-0.3, -0.25) is 9.38 Å². The molecule has 130 valence electrons. The van der Waals surface area contributed by atoms with Crippen molar-refractivity contribution in [1.82, 2.24) is 14.4 Å². The predicted octanol–water partition coefficient (Wildman–Crippen LogP) is 6.56. The Labute approximate surface area is 163 Å². The van der Waals surface area contributed by atoms with Crippen LogP contribution in [0.4, 0.5) is 0 Å². The van der Waals surface area contributed by atoms with Gasteiger partial charge in [-0.05, 0) is 41.8 Å². The molecule has 0 aliphatic rings. The fraction of sp³-hybridized carbons (Fsp3) is 0. The third-order valence-corrected chi connectivity index (χ3v) is 6.78. The van der Waals surface area contributed by atoms with Crippen LogP contribution >= 0.6 is 11.3 Å². The highest BCUT2D eigenvalue weighted by atomic mass is 32.1. The van der Waals surface area contributed by atoms with E-state index in [1.807, 2.05) is 29.8 Å². The van der Waals surface area contributed by atoms with Gasteiger partial charge in [-0.1, -0.05) is 30.3 Å². The third kappa shape index (κ3) is 1.73. The summed E-state index contributed by atoms with van der Waals surface area (Å²) >= 11 is 1.85. The Kier molecular flexibility index (Phi) is 2.63. The van der Waals surface area contributed by atoms with Gasteiger partial charge in [-0.2, -0.15) is 0 Å². The van der Waals surface area contributed by atoms with E-state index in [1.165, 1.54) is 36.5 Å². The van der Waals surface area contributed by atoms with Crippen LogP contribution in [0.2, 0.25) is 0 Å². The van der Waals surface area contributed by atoms with E-state index in [0.717, 1.165) is 22.1 Å². The first kappa shape index (κ1) is 14.5. The lowest BCUT2D eigenvalue weighted by molar-refractivity contribution is 1.30. The van der Waals surface area contributed by atoms with Crippen molar-refractivity contribution in [3.8, 4) is 0 Å². The summed E-state index contributed by atoms with van der Waals surface area (Å²) in [5.74, 6) is 0. The Morgan fingerprint density at radius 1 is 0.679 bits per heavy atom. The van der Waals surface area contributed by atoms with Gasteiger partial charge in [0, 0.05) is 43.3 Å². The van der Waals surface area contributed by atoms with E-state index in [9.17, 15) is 0 Å². The quantitative estimate of drug-likeness (QED) is 0.281. The summed E-state index contributed by atoms with van der Waals surface area (Å²) in [5.41, 5.74) is 4.31. The van der Waals surface area contributed by atoms with Crippen molar-refractivity contribution in [2.24, 2.45) is 0 Å². The number of aromatic nitrogens is 3. The van der Waals surface area contributed by atoms with Crippen molar-refractivity contribution in [1.29, 1.82) is 0 Å². The summed E-state index contributed by atoms with van der Waals surface area (Å²) in [6.45, 7) is 0. The monoisotopic (exact) mass is 375 g/mol. The van der Waals surface area contributed by atoms with Gasteiger partial charge in [-0.15, -0.1) is 11.3 Å². The molecule has 0 saturated carbocycles. The maximum Gasteiger partial charge on any atom is 0.147 e. The van der Waals surface area contributed by atoms with Gasteiger partial charge >= 0.3 is 0 Å². The van der Waals surface area contributed by atoms with Crippen LogP contribution in [0.3, 0.4) is 0 Å². The average Bonchev–Trinajstić information content (AvgIpc) is 3.31. The number of nitrogens with zero attached hydrogens (tertiary/aromatic N) is 3. The fourth-order valence-electron chi connectivity index (χ4n) is 4.42. The zero-order valence-electron chi connectivity index (χ0n) is 14.8. The van der Waals surface area contributed by atoms with Gasteiger partial charge < -0.3 is 0 Å². The molecule has 3 aromatic carbocycles. The van der Waals surface area contributed by atoms with Crippen molar-refractivity contribution >= 4 is 69.9 Å². The van der Waals surface area contributed by atoms with Crippen LogP contribution in [0.25, 0.3) is 58.5 Å². The second-order valence-corrected chi connectivity index (χ2v) is 8.23. The van der Waals surface area contributed by atoms with E-state index in [1.54, 1.807) is 0 Å². The average molecular weight is 375 g/mol. The molecular formula is C24H13N3S. The number of thiophene rings is 1. The maximum atomic E-state index is 4.94. The van der Waals surface area contributed by atoms with Gasteiger partial charge in [0.1, 0.15) is 5.65 Å². The minimum Gasteiger partial charge on any atom is -0.292 e. The molecule has 4 aromatic heterocycles. The van der Waals surface area contributed by atoms with Crippen LogP contribution in [-0.4, -0.2) is 14.4 Å². The Bertz CT molecular complexity index is 1720. The summed E-state index contributed by atoms with van der Waals surface area (Å²) in [6, 6.07) is 23.8. The van der Waals surface area contributed by atoms with Crippen LogP contribution in [0.1, 0.15) is 0 Å². The third-order valence-electron chi connectivity index (χ3n) is 5.65. The van der Waals surface area contributed by atoms with Crippen molar-refractivity contribution in [3.63, 3.8) is 0 Å². The largest absolute Gasteiger partial charge is 0.292 e. The molecule has 3 nitrogen and oxygen atoms in total. The molecule has 0 fully saturated rings. The van der Waals surface area contributed by atoms with E-state index in [4.69, 9.17) is 4.98 Å². The first-order valence-electron chi connectivity index (χ1n) is 9.26. The number of hydrogen-bond donors (Lipinski definition) is 0. The smallest absolute Gasteiger partial charge is 0.147 e. The van der Waals surface area contributed by atoms with Gasteiger partial charge in [0.2, 0.25) is 0 Å². The first-order chi connectivity index (χ1) is 13.9. The van der Waals surface area contributed by atoms with Crippen LogP contribution < -0.4 is 0 Å². The second kappa shape index (κ2) is 5.06. The zero-order valence-corrected chi connectivity index (χ0v) is 15.6. The van der Waals surface area contributed by atoms with Crippen molar-refractivity contribution < 1.29 is 0 Å². The van der Waals surface area contributed by atoms with Crippen molar-refractivity contribution in [2.45, 2.75) is 0 Å². The summed E-state index contributed by atoms with van der Waals surface area (Å²) in [5, 5.41) is 6.16. The van der Waals surface area contributed by atoms with Crippen molar-refractivity contribution in [2.75, 3.05) is 0 Å². The summed E-state index contributed by atoms with van der Waals surface area (Å²) in [4.78, 5) is 9.33. The number of hydrogen-bond acceptors (Lipinski definition) is 3. The fourth-order valence-corrected chi connectivity index (χ4v) is 5.54. The topological polar surface area (TPSA) is 30.2 Å². The zero-order chi connectivity index (χ0) is 18.2. The molecule has 0 saturated heterocycles. The predicted molar refractivity (Wildman–Crippen MR) is 118 cm³/mol. The molecule has 28 heavy (non-hydrogen) atoms. The van der Waals surface area contributed by atoms with Crippen LogP contribution in [0, 0.1) is 0 Å². The molecule has 0 aliphatic heterocycles. The van der Waals surface area contributed by atoms with E-state index in [0.29, 0.717) is 0 Å². The summed E-state index contributed by atoms with van der Waals surface area (Å²) < 4.78 is 4.92. The lowest BCUT2D eigenvalue weighted by Crippen LogP contribution is -1.92. The standard InChI is InChI=1S/C24H13N3S/c1-4-8-22-15(5-1)17-11-16-14-9-10-25-13-18(14)24-26-19-6-2-3-7-20(19)27(24)21(16)12-23(17)28-22/h1-13H. The Balaban J connectivity index is 1.85. The number of imidazole rings is 1. The molecule has 0 aliphatic carbocycles. The molecule has 0 atom stereocenters. The lowest BCUT2D eigenvalue weighted by atomic mass is 10.0. The van der Waals surface area contributed by atoms with Crippen LogP contribution in [-0.2, 0) is 0 Å². The van der Waals surface area contributed by atoms with E-state index < -0.39 is 0 Å². The highest BCUT2D eigenvalue weighted by Crippen LogP contribution is 2.39. The molecule has 0 radical (unpaired) electrons. The molecule has 4 heterocycles. The SMILES string of the molecule is c1ccc2c(c1)nc1c3cnccc3c3cc4c(cc3n21)sc1ccccc14. The number of para-hydroxylation sites is 2. The van der Waals surface area contributed by atoms with E-state index >= 15 is 0 Å². The minimum absolute atomic E-state index is 0.970. The van der Waals surface area contributed by atoms with E-state index in [-0.39, 0.29) is 0 Å². The molecule has 0 N–H and O–H groups in total. The first-order valence-corrected chi connectivity index (χ1v) is 10.1. The van der Waals surface area contributed by atoms with Crippen LogP contribution in [0.5, 0.6) is 0 Å². The molecule has 0 amide bonds. The normalized spacial score (nSPS) is 12.3. The summed E-state index contributed by atoms with van der Waals surface area (Å²) in [7, 11) is 0. The molecule has 4 heteroatoms. The highest BCUT2D eigenvalue weighted by Gasteiger charge is 2.15. The van der Waals surface area contributed by atoms with Gasteiger partial charge in [0.15, 0.2) is 0 Å². The molecule has 0 spiro atoms. The highest BCUT2D eigenvalue weighted by molar-refractivity contribution is 7.25. The van der Waals surface area contributed by atoms with Gasteiger partial charge in [-0.25, -0.2) is 4.98 Å². The molecular weight excluding hydrogens is 362 g/mol. The Hall–Kier alpha value is -3.50. The Morgan fingerprint density at radius 3 is 2.57 bits per heavy atom. The molecule has 0 bridgehead atoms. The molecule has 7 rings (SSSR count). The number of rotatable bonds is 0. The van der Waals surface area contributed by atoms with Crippen LogP contribution in [0.15, 0.2) is 79.1 Å². The number of benzene rings is 3. The maximum absolute atomic E-state index is 4.94. The van der Waals surface area contributed by atoms with E-state index in [2.05, 4.69) is 70.0 Å². The van der Waals surface area contributed by atoms with Gasteiger partial charge in [0.25, 0.3) is 0 Å². The number of fused-ring (bicyclic) bond motifs is 11. The second-order valence-electron chi connectivity index (χ2n) is 7.14. The minimum atomic E-state index is 0.970. The summed E-state index contributed by atoms with van der Waals surface area (Å²) in [6.07, 6.45) is 3.81.